The molecule has 0 fully saturated rings. The van der Waals surface area contributed by atoms with Crippen LogP contribution in [0.5, 0.6) is 0 Å². The van der Waals surface area contributed by atoms with Crippen LogP contribution in [-0.4, -0.2) is 0 Å². The Morgan fingerprint density at radius 2 is 1.67 bits per heavy atom. The number of benzene rings is 1. The van der Waals surface area contributed by atoms with Gasteiger partial charge < -0.3 is 5.73 Å². The van der Waals surface area contributed by atoms with E-state index in [0.717, 1.165) is 12.8 Å². The normalized spacial score (nSPS) is 15.4. The monoisotopic (exact) mass is 247 g/mol. The fourth-order valence-corrected chi connectivity index (χ4v) is 2.09. The van der Waals surface area contributed by atoms with Crippen molar-refractivity contribution < 1.29 is 0 Å². The van der Waals surface area contributed by atoms with Crippen molar-refractivity contribution in [2.24, 2.45) is 17.1 Å². The van der Waals surface area contributed by atoms with E-state index in [0.29, 0.717) is 11.3 Å². The largest absolute Gasteiger partial charge is 0.324 e. The molecule has 2 unspecified atom stereocenters. The predicted molar refractivity (Wildman–Crippen MR) is 80.6 cm³/mol. The summed E-state index contributed by atoms with van der Waals surface area (Å²) in [5.41, 5.74) is 9.33. The van der Waals surface area contributed by atoms with Crippen molar-refractivity contribution in [3.8, 4) is 0 Å². The number of hydrogen-bond acceptors (Lipinski definition) is 1. The predicted octanol–water partition coefficient (Wildman–Crippen LogP) is 4.71. The van der Waals surface area contributed by atoms with E-state index in [1.54, 1.807) is 0 Å². The molecule has 0 spiro atoms. The van der Waals surface area contributed by atoms with Gasteiger partial charge in [-0.2, -0.15) is 0 Å². The molecule has 1 aromatic carbocycles. The second kappa shape index (κ2) is 6.38. The number of hydrogen-bond donors (Lipinski definition) is 1. The molecule has 0 heterocycles. The number of aryl methyl sites for hydroxylation is 1. The highest BCUT2D eigenvalue weighted by atomic mass is 14.6. The van der Waals surface area contributed by atoms with Crippen LogP contribution >= 0.6 is 0 Å². The van der Waals surface area contributed by atoms with E-state index in [-0.39, 0.29) is 6.04 Å². The Morgan fingerprint density at radius 3 is 2.11 bits per heavy atom. The van der Waals surface area contributed by atoms with Crippen LogP contribution in [0.25, 0.3) is 0 Å². The third kappa shape index (κ3) is 4.45. The first-order valence-corrected chi connectivity index (χ1v) is 7.19. The number of nitrogens with two attached hydrogens (primary N) is 1. The molecule has 0 aromatic heterocycles. The van der Waals surface area contributed by atoms with Crippen LogP contribution < -0.4 is 5.73 Å². The third-order valence-electron chi connectivity index (χ3n) is 4.03. The van der Waals surface area contributed by atoms with Gasteiger partial charge in [-0.25, -0.2) is 0 Å². The molecule has 18 heavy (non-hydrogen) atoms. The van der Waals surface area contributed by atoms with Crippen LogP contribution in [0.3, 0.4) is 0 Å². The van der Waals surface area contributed by atoms with Gasteiger partial charge in [0.2, 0.25) is 0 Å². The summed E-state index contributed by atoms with van der Waals surface area (Å²) >= 11 is 0. The van der Waals surface area contributed by atoms with E-state index in [2.05, 4.69) is 58.9 Å². The minimum absolute atomic E-state index is 0.162. The molecule has 0 aliphatic heterocycles. The smallest absolute Gasteiger partial charge is 0.0297 e. The Morgan fingerprint density at radius 1 is 1.11 bits per heavy atom. The van der Waals surface area contributed by atoms with Gasteiger partial charge in [-0.1, -0.05) is 65.3 Å². The van der Waals surface area contributed by atoms with Gasteiger partial charge in [0.1, 0.15) is 0 Å². The Kier molecular flexibility index (Phi) is 5.40. The van der Waals surface area contributed by atoms with E-state index in [1.165, 1.54) is 17.5 Å². The van der Waals surface area contributed by atoms with Gasteiger partial charge in [0.25, 0.3) is 0 Å². The van der Waals surface area contributed by atoms with E-state index >= 15 is 0 Å². The highest BCUT2D eigenvalue weighted by Crippen LogP contribution is 2.32. The molecule has 1 rings (SSSR count). The van der Waals surface area contributed by atoms with Crippen LogP contribution in [-0.2, 0) is 6.42 Å². The lowest BCUT2D eigenvalue weighted by atomic mass is 9.78. The van der Waals surface area contributed by atoms with Gasteiger partial charge >= 0.3 is 0 Å². The van der Waals surface area contributed by atoms with E-state index in [4.69, 9.17) is 5.73 Å². The molecule has 0 bridgehead atoms. The molecule has 2 N–H and O–H groups in total. The first kappa shape index (κ1) is 15.2. The molecule has 0 aliphatic carbocycles. The summed E-state index contributed by atoms with van der Waals surface area (Å²) in [5.74, 6) is 0.628. The summed E-state index contributed by atoms with van der Waals surface area (Å²) in [6.07, 6.45) is 3.41. The minimum atomic E-state index is 0.162. The van der Waals surface area contributed by atoms with Crippen molar-refractivity contribution in [1.29, 1.82) is 0 Å². The highest BCUT2D eigenvalue weighted by molar-refractivity contribution is 5.25. The molecular weight excluding hydrogens is 218 g/mol. The molecule has 102 valence electrons. The van der Waals surface area contributed by atoms with Gasteiger partial charge in [-0.3, -0.25) is 0 Å². The molecule has 0 aliphatic rings. The van der Waals surface area contributed by atoms with E-state index in [9.17, 15) is 0 Å². The second-order valence-corrected chi connectivity index (χ2v) is 6.60. The second-order valence-electron chi connectivity index (χ2n) is 6.60. The van der Waals surface area contributed by atoms with E-state index in [1.807, 2.05) is 0 Å². The maximum Gasteiger partial charge on any atom is 0.0297 e. The van der Waals surface area contributed by atoms with Crippen LogP contribution in [0.1, 0.15) is 64.6 Å². The van der Waals surface area contributed by atoms with Crippen LogP contribution in [0.4, 0.5) is 0 Å². The van der Waals surface area contributed by atoms with Crippen molar-refractivity contribution in [2.75, 3.05) is 0 Å². The SMILES string of the molecule is CCCc1ccc(C(N)CC(C)C(C)(C)C)cc1. The average Bonchev–Trinajstić information content (AvgIpc) is 2.29. The van der Waals surface area contributed by atoms with E-state index < -0.39 is 0 Å². The zero-order valence-electron chi connectivity index (χ0n) is 12.7. The summed E-state index contributed by atoms with van der Waals surface area (Å²) in [7, 11) is 0. The molecule has 0 saturated carbocycles. The maximum absolute atomic E-state index is 6.32. The lowest BCUT2D eigenvalue weighted by Gasteiger charge is -2.29. The Balaban J connectivity index is 2.64. The van der Waals surface area contributed by atoms with Crippen molar-refractivity contribution in [1.82, 2.24) is 0 Å². The highest BCUT2D eigenvalue weighted by Gasteiger charge is 2.22. The Hall–Kier alpha value is -0.820. The van der Waals surface area contributed by atoms with Crippen molar-refractivity contribution >= 4 is 0 Å². The first-order chi connectivity index (χ1) is 8.34. The van der Waals surface area contributed by atoms with Gasteiger partial charge in [-0.15, -0.1) is 0 Å². The summed E-state index contributed by atoms with van der Waals surface area (Å²) in [6, 6.07) is 9.01. The molecule has 1 nitrogen and oxygen atoms in total. The van der Waals surface area contributed by atoms with Crippen molar-refractivity contribution in [2.45, 2.75) is 59.9 Å². The molecule has 0 saturated heterocycles. The lowest BCUT2D eigenvalue weighted by molar-refractivity contribution is 0.234. The molecule has 1 heteroatoms. The zero-order chi connectivity index (χ0) is 13.8. The summed E-state index contributed by atoms with van der Waals surface area (Å²) < 4.78 is 0. The van der Waals surface area contributed by atoms with Gasteiger partial charge in [0.05, 0.1) is 0 Å². The van der Waals surface area contributed by atoms with Crippen LogP contribution in [0.15, 0.2) is 24.3 Å². The summed E-state index contributed by atoms with van der Waals surface area (Å²) in [6.45, 7) is 11.4. The summed E-state index contributed by atoms with van der Waals surface area (Å²) in [4.78, 5) is 0. The average molecular weight is 247 g/mol. The maximum atomic E-state index is 6.32. The fraction of sp³-hybridized carbons (Fsp3) is 0.647. The Labute approximate surface area is 113 Å². The minimum Gasteiger partial charge on any atom is -0.324 e. The molecule has 2 atom stereocenters. The van der Waals surface area contributed by atoms with Gasteiger partial charge in [0, 0.05) is 6.04 Å². The lowest BCUT2D eigenvalue weighted by Crippen LogP contribution is -2.23. The molecule has 0 radical (unpaired) electrons. The first-order valence-electron chi connectivity index (χ1n) is 7.19. The van der Waals surface area contributed by atoms with Crippen LogP contribution in [0.2, 0.25) is 0 Å². The number of rotatable bonds is 5. The standard InChI is InChI=1S/C17H29N/c1-6-7-14-8-10-15(11-9-14)16(18)12-13(2)17(3,4)5/h8-11,13,16H,6-7,12,18H2,1-5H3. The fourth-order valence-electron chi connectivity index (χ4n) is 2.09. The third-order valence-corrected chi connectivity index (χ3v) is 4.03. The topological polar surface area (TPSA) is 26.0 Å². The van der Waals surface area contributed by atoms with Crippen LogP contribution in [0, 0.1) is 11.3 Å². The quantitative estimate of drug-likeness (QED) is 0.801. The van der Waals surface area contributed by atoms with Crippen molar-refractivity contribution in [3.05, 3.63) is 35.4 Å². The summed E-state index contributed by atoms with van der Waals surface area (Å²) in [5, 5.41) is 0. The van der Waals surface area contributed by atoms with Gasteiger partial charge in [0.15, 0.2) is 0 Å². The molecule has 0 amide bonds. The van der Waals surface area contributed by atoms with Crippen molar-refractivity contribution in [3.63, 3.8) is 0 Å². The molecule has 1 aromatic rings. The Bertz CT molecular complexity index is 345. The molecular formula is C17H29N. The zero-order valence-corrected chi connectivity index (χ0v) is 12.7. The van der Waals surface area contributed by atoms with Gasteiger partial charge in [-0.05, 0) is 35.3 Å².